The number of nitrogens with one attached hydrogen (secondary N) is 2. The maximum atomic E-state index is 12.6. The highest BCUT2D eigenvalue weighted by Crippen LogP contribution is 2.30. The number of benzene rings is 1. The van der Waals surface area contributed by atoms with Gasteiger partial charge in [-0.05, 0) is 50.8 Å². The van der Waals surface area contributed by atoms with Crippen LogP contribution in [0.3, 0.4) is 0 Å². The van der Waals surface area contributed by atoms with Crippen LogP contribution < -0.4 is 20.1 Å². The van der Waals surface area contributed by atoms with Crippen LogP contribution in [-0.4, -0.2) is 47.0 Å². The molecule has 0 saturated heterocycles. The Labute approximate surface area is 203 Å². The fraction of sp³-hybridized carbons (Fsp3) is 0.667. The first-order chi connectivity index (χ1) is 14.5. The molecular formula is C21H34F2IN3O3S. The molecule has 3 atom stereocenters. The monoisotopic (exact) mass is 573 g/mol. The average molecular weight is 573 g/mol. The van der Waals surface area contributed by atoms with Crippen LogP contribution in [0.1, 0.15) is 52.0 Å². The first-order valence-electron chi connectivity index (χ1n) is 10.6. The van der Waals surface area contributed by atoms with Crippen LogP contribution >= 0.6 is 24.0 Å². The van der Waals surface area contributed by atoms with Gasteiger partial charge in [-0.15, -0.1) is 24.0 Å². The third kappa shape index (κ3) is 9.46. The summed E-state index contributed by atoms with van der Waals surface area (Å²) in [5.74, 6) is 1.68. The summed E-state index contributed by atoms with van der Waals surface area (Å²) >= 11 is 0. The van der Waals surface area contributed by atoms with Crippen molar-refractivity contribution in [1.82, 2.24) is 10.6 Å². The van der Waals surface area contributed by atoms with E-state index in [1.165, 1.54) is 6.07 Å². The van der Waals surface area contributed by atoms with Gasteiger partial charge in [0.15, 0.2) is 17.5 Å². The van der Waals surface area contributed by atoms with Crippen LogP contribution in [0.4, 0.5) is 8.78 Å². The molecule has 1 fully saturated rings. The molecule has 0 spiro atoms. The fourth-order valence-corrected chi connectivity index (χ4v) is 4.89. The van der Waals surface area contributed by atoms with Gasteiger partial charge in [-0.1, -0.05) is 19.4 Å². The highest BCUT2D eigenvalue weighted by atomic mass is 127. The average Bonchev–Trinajstić information content (AvgIpc) is 2.73. The summed E-state index contributed by atoms with van der Waals surface area (Å²) in [5.41, 5.74) is 0.825. The number of hydrogen-bond acceptors (Lipinski definition) is 4. The molecule has 0 bridgehead atoms. The van der Waals surface area contributed by atoms with Crippen molar-refractivity contribution in [3.05, 3.63) is 23.8 Å². The van der Waals surface area contributed by atoms with Crippen molar-refractivity contribution in [3.63, 3.8) is 0 Å². The molecule has 1 saturated carbocycles. The minimum absolute atomic E-state index is 0. The maximum Gasteiger partial charge on any atom is 0.387 e. The van der Waals surface area contributed by atoms with Gasteiger partial charge in [-0.2, -0.15) is 8.78 Å². The van der Waals surface area contributed by atoms with Crippen molar-refractivity contribution in [2.24, 2.45) is 4.99 Å². The first-order valence-corrected chi connectivity index (χ1v) is 12.0. The van der Waals surface area contributed by atoms with Gasteiger partial charge >= 0.3 is 6.61 Å². The van der Waals surface area contributed by atoms with Crippen molar-refractivity contribution in [2.45, 2.75) is 70.9 Å². The standard InChI is InChI=1S/C21H33F2N3O3S.HI/c1-4-24-21(26-16-8-7-9-17(13-16)30(27)6-3)25-14-15-10-11-18(29-20(22)23)19(12-15)28-5-2;/h10-12,16-17,20H,4-9,13-14H2,1-3H3,(H2,24,25,26);1H. The molecule has 0 radical (unpaired) electrons. The van der Waals surface area contributed by atoms with Crippen LogP contribution in [0.2, 0.25) is 0 Å². The highest BCUT2D eigenvalue weighted by Gasteiger charge is 2.26. The number of nitrogens with zero attached hydrogens (tertiary/aromatic N) is 1. The van der Waals surface area contributed by atoms with Crippen LogP contribution in [0.5, 0.6) is 11.5 Å². The van der Waals surface area contributed by atoms with E-state index in [-0.39, 0.29) is 46.8 Å². The van der Waals surface area contributed by atoms with Crippen molar-refractivity contribution in [1.29, 1.82) is 0 Å². The molecule has 2 rings (SSSR count). The normalized spacial score (nSPS) is 20.0. The fourth-order valence-electron chi connectivity index (χ4n) is 3.55. The number of halogens is 3. The number of alkyl halides is 2. The molecule has 178 valence electrons. The summed E-state index contributed by atoms with van der Waals surface area (Å²) < 4.78 is 47.3. The van der Waals surface area contributed by atoms with Crippen molar-refractivity contribution in [2.75, 3.05) is 18.9 Å². The molecule has 0 aromatic heterocycles. The number of aliphatic imine (C=N–C) groups is 1. The number of guanidine groups is 1. The summed E-state index contributed by atoms with van der Waals surface area (Å²) in [5, 5.41) is 6.94. The number of ether oxygens (including phenoxy) is 2. The molecule has 31 heavy (non-hydrogen) atoms. The summed E-state index contributed by atoms with van der Waals surface area (Å²) in [7, 11) is -0.777. The van der Waals surface area contributed by atoms with Gasteiger partial charge in [0.25, 0.3) is 0 Å². The summed E-state index contributed by atoms with van der Waals surface area (Å²) in [6, 6.07) is 5.09. The summed E-state index contributed by atoms with van der Waals surface area (Å²) in [6.07, 6.45) is 3.96. The third-order valence-electron chi connectivity index (χ3n) is 4.91. The van der Waals surface area contributed by atoms with Crippen molar-refractivity contribution in [3.8, 4) is 11.5 Å². The zero-order chi connectivity index (χ0) is 21.9. The zero-order valence-corrected chi connectivity index (χ0v) is 21.5. The lowest BCUT2D eigenvalue weighted by atomic mass is 9.95. The van der Waals surface area contributed by atoms with Gasteiger partial charge in [0, 0.05) is 34.4 Å². The predicted octanol–water partition coefficient (Wildman–Crippen LogP) is 4.44. The van der Waals surface area contributed by atoms with Gasteiger partial charge in [0.05, 0.1) is 13.2 Å². The second kappa shape index (κ2) is 14.8. The van der Waals surface area contributed by atoms with E-state index in [0.29, 0.717) is 31.4 Å². The molecule has 0 heterocycles. The second-order valence-electron chi connectivity index (χ2n) is 7.09. The molecule has 2 N–H and O–H groups in total. The molecule has 1 aliphatic carbocycles. The lowest BCUT2D eigenvalue weighted by Crippen LogP contribution is -2.46. The van der Waals surface area contributed by atoms with E-state index in [1.807, 2.05) is 13.8 Å². The van der Waals surface area contributed by atoms with E-state index < -0.39 is 17.4 Å². The van der Waals surface area contributed by atoms with Gasteiger partial charge in [-0.25, -0.2) is 4.99 Å². The predicted molar refractivity (Wildman–Crippen MR) is 132 cm³/mol. The zero-order valence-electron chi connectivity index (χ0n) is 18.4. The smallest absolute Gasteiger partial charge is 0.387 e. The van der Waals surface area contributed by atoms with Gasteiger partial charge in [0.1, 0.15) is 0 Å². The molecule has 1 aromatic rings. The molecule has 10 heteroatoms. The quantitative estimate of drug-likeness (QED) is 0.246. The molecule has 1 aromatic carbocycles. The van der Waals surface area contributed by atoms with Gasteiger partial charge in [0.2, 0.25) is 0 Å². The van der Waals surface area contributed by atoms with Gasteiger partial charge in [-0.3, -0.25) is 4.21 Å². The van der Waals surface area contributed by atoms with Crippen LogP contribution in [0.25, 0.3) is 0 Å². The minimum atomic E-state index is -2.90. The highest BCUT2D eigenvalue weighted by molar-refractivity contribution is 14.0. The van der Waals surface area contributed by atoms with Crippen molar-refractivity contribution >= 4 is 40.7 Å². The Kier molecular flexibility index (Phi) is 13.3. The minimum Gasteiger partial charge on any atom is -0.490 e. The summed E-state index contributed by atoms with van der Waals surface area (Å²) in [6.45, 7) is 4.27. The van der Waals surface area contributed by atoms with E-state index in [2.05, 4.69) is 20.4 Å². The van der Waals surface area contributed by atoms with Crippen LogP contribution in [0, 0.1) is 0 Å². The SMILES string of the molecule is CCNC(=NCc1ccc(OC(F)F)c(OCC)c1)NC1CCCC(S(=O)CC)C1.I. The lowest BCUT2D eigenvalue weighted by molar-refractivity contribution is -0.0514. The topological polar surface area (TPSA) is 72.0 Å². The Bertz CT molecular complexity index is 725. The largest absolute Gasteiger partial charge is 0.490 e. The van der Waals surface area contributed by atoms with Crippen LogP contribution in [-0.2, 0) is 17.3 Å². The Balaban J connectivity index is 0.00000480. The Morgan fingerprint density at radius 2 is 2.03 bits per heavy atom. The first kappa shape index (κ1) is 27.9. The Hall–Kier alpha value is -1.17. The molecule has 6 nitrogen and oxygen atoms in total. The third-order valence-corrected chi connectivity index (χ3v) is 6.65. The van der Waals surface area contributed by atoms with E-state index in [4.69, 9.17) is 4.74 Å². The van der Waals surface area contributed by atoms with E-state index in [1.54, 1.807) is 19.1 Å². The van der Waals surface area contributed by atoms with Crippen molar-refractivity contribution < 1.29 is 22.5 Å². The Morgan fingerprint density at radius 1 is 1.26 bits per heavy atom. The molecule has 1 aliphatic rings. The second-order valence-corrected chi connectivity index (χ2v) is 9.09. The lowest BCUT2D eigenvalue weighted by Gasteiger charge is -2.30. The van der Waals surface area contributed by atoms with E-state index >= 15 is 0 Å². The maximum absolute atomic E-state index is 12.6. The molecule has 3 unspecified atom stereocenters. The number of hydrogen-bond donors (Lipinski definition) is 2. The molecular weight excluding hydrogens is 539 g/mol. The summed E-state index contributed by atoms with van der Waals surface area (Å²) in [4.78, 5) is 4.63. The molecule has 0 aliphatic heterocycles. The number of rotatable bonds is 10. The molecule has 0 amide bonds. The Morgan fingerprint density at radius 3 is 2.68 bits per heavy atom. The van der Waals surface area contributed by atoms with E-state index in [0.717, 1.165) is 31.2 Å². The van der Waals surface area contributed by atoms with Gasteiger partial charge < -0.3 is 20.1 Å². The van der Waals surface area contributed by atoms with Crippen LogP contribution in [0.15, 0.2) is 23.2 Å². The van der Waals surface area contributed by atoms with E-state index in [9.17, 15) is 13.0 Å².